The molecule has 0 spiro atoms. The molecule has 0 aliphatic carbocycles. The van der Waals surface area contributed by atoms with E-state index in [2.05, 4.69) is 16.4 Å². The molecule has 1 atom stereocenters. The van der Waals surface area contributed by atoms with Crippen LogP contribution in [0, 0.1) is 0 Å². The van der Waals surface area contributed by atoms with Gasteiger partial charge in [-0.15, -0.1) is 0 Å². The minimum Gasteiger partial charge on any atom is -0.444 e. The molecule has 122 valence electrons. The molecule has 23 heavy (non-hydrogen) atoms. The van der Waals surface area contributed by atoms with E-state index in [4.69, 9.17) is 4.74 Å². The zero-order valence-corrected chi connectivity index (χ0v) is 13.9. The molecule has 0 saturated carbocycles. The van der Waals surface area contributed by atoms with E-state index in [0.717, 1.165) is 23.0 Å². The molecule has 1 aromatic heterocycles. The molecule has 1 unspecified atom stereocenters. The van der Waals surface area contributed by atoms with Gasteiger partial charge in [-0.3, -0.25) is 0 Å². The number of aromatic nitrogens is 1. The van der Waals surface area contributed by atoms with E-state index in [1.54, 1.807) is 4.90 Å². The van der Waals surface area contributed by atoms with Gasteiger partial charge in [-0.05, 0) is 38.6 Å². The van der Waals surface area contributed by atoms with Gasteiger partial charge in [0.05, 0.1) is 0 Å². The molecule has 1 aliphatic rings. The van der Waals surface area contributed by atoms with Crippen molar-refractivity contribution >= 4 is 22.7 Å². The standard InChI is InChI=1S/C18H23N3O2/c1-18(2,3)23-17(22)21-9-8-15(12-21)20-16-10-13-6-4-5-7-14(13)11-19-16/h4-7,10-11,15H,8-9,12H2,1-3H3,(H,19,20). The molecule has 2 heterocycles. The van der Waals surface area contributed by atoms with Gasteiger partial charge in [0.1, 0.15) is 11.4 Å². The number of rotatable bonds is 2. The Balaban J connectivity index is 1.61. The SMILES string of the molecule is CC(C)(C)OC(=O)N1CCC(Nc2cc3ccccc3cn2)C1. The van der Waals surface area contributed by atoms with E-state index in [0.29, 0.717) is 13.1 Å². The first kappa shape index (κ1) is 15.6. The Bertz CT molecular complexity index is 709. The summed E-state index contributed by atoms with van der Waals surface area (Å²) in [6, 6.07) is 10.4. The molecule has 1 aromatic carbocycles. The van der Waals surface area contributed by atoms with Crippen molar-refractivity contribution in [2.45, 2.75) is 38.8 Å². The second kappa shape index (κ2) is 6.07. The molecular weight excluding hydrogens is 290 g/mol. The molecule has 1 fully saturated rings. The number of hydrogen-bond donors (Lipinski definition) is 1. The van der Waals surface area contributed by atoms with E-state index < -0.39 is 5.60 Å². The molecule has 0 radical (unpaired) electrons. The van der Waals surface area contributed by atoms with Gasteiger partial charge < -0.3 is 15.0 Å². The summed E-state index contributed by atoms with van der Waals surface area (Å²) < 4.78 is 5.42. The molecule has 1 saturated heterocycles. The fourth-order valence-electron chi connectivity index (χ4n) is 2.74. The number of carbonyl (C=O) groups is 1. The Morgan fingerprint density at radius 1 is 1.30 bits per heavy atom. The summed E-state index contributed by atoms with van der Waals surface area (Å²) in [5, 5.41) is 5.70. The number of pyridine rings is 1. The number of carbonyl (C=O) groups excluding carboxylic acids is 1. The topological polar surface area (TPSA) is 54.5 Å². The number of fused-ring (bicyclic) bond motifs is 1. The molecule has 5 nitrogen and oxygen atoms in total. The Morgan fingerprint density at radius 2 is 2.04 bits per heavy atom. The molecule has 1 amide bonds. The average molecular weight is 313 g/mol. The first-order valence-electron chi connectivity index (χ1n) is 8.00. The quantitative estimate of drug-likeness (QED) is 0.919. The van der Waals surface area contributed by atoms with Crippen molar-refractivity contribution in [1.82, 2.24) is 9.88 Å². The Kier molecular flexibility index (Phi) is 4.11. The normalized spacial score (nSPS) is 18.2. The highest BCUT2D eigenvalue weighted by Gasteiger charge is 2.29. The van der Waals surface area contributed by atoms with Gasteiger partial charge in [-0.2, -0.15) is 0 Å². The minimum atomic E-state index is -0.456. The van der Waals surface area contributed by atoms with Crippen molar-refractivity contribution in [3.05, 3.63) is 36.5 Å². The number of ether oxygens (including phenoxy) is 1. The number of amides is 1. The van der Waals surface area contributed by atoms with E-state index in [1.165, 1.54) is 0 Å². The third-order valence-electron chi connectivity index (χ3n) is 3.82. The lowest BCUT2D eigenvalue weighted by Crippen LogP contribution is -2.36. The van der Waals surface area contributed by atoms with Gasteiger partial charge >= 0.3 is 6.09 Å². The Labute approximate surface area is 136 Å². The number of anilines is 1. The van der Waals surface area contributed by atoms with E-state index in [-0.39, 0.29) is 12.1 Å². The number of nitrogens with zero attached hydrogens (tertiary/aromatic N) is 2. The fraction of sp³-hybridized carbons (Fsp3) is 0.444. The van der Waals surface area contributed by atoms with Gasteiger partial charge in [0, 0.05) is 30.7 Å². The maximum absolute atomic E-state index is 12.1. The van der Waals surface area contributed by atoms with Crippen LogP contribution in [0.5, 0.6) is 0 Å². The van der Waals surface area contributed by atoms with Crippen molar-refractivity contribution in [3.63, 3.8) is 0 Å². The predicted octanol–water partition coefficient (Wildman–Crippen LogP) is 3.66. The van der Waals surface area contributed by atoms with Crippen LogP contribution in [0.1, 0.15) is 27.2 Å². The van der Waals surface area contributed by atoms with Crippen LogP contribution >= 0.6 is 0 Å². The maximum Gasteiger partial charge on any atom is 0.410 e. The number of hydrogen-bond acceptors (Lipinski definition) is 4. The molecule has 2 aromatic rings. The van der Waals surface area contributed by atoms with Crippen LogP contribution in [-0.4, -0.2) is 40.7 Å². The molecule has 0 bridgehead atoms. The highest BCUT2D eigenvalue weighted by Crippen LogP contribution is 2.20. The van der Waals surface area contributed by atoms with Gasteiger partial charge in [0.25, 0.3) is 0 Å². The van der Waals surface area contributed by atoms with Crippen molar-refractivity contribution in [3.8, 4) is 0 Å². The third-order valence-corrected chi connectivity index (χ3v) is 3.82. The van der Waals surface area contributed by atoms with Gasteiger partial charge in [-0.1, -0.05) is 24.3 Å². The summed E-state index contributed by atoms with van der Waals surface area (Å²) in [6.45, 7) is 7.00. The van der Waals surface area contributed by atoms with Crippen LogP contribution < -0.4 is 5.32 Å². The van der Waals surface area contributed by atoms with E-state index in [9.17, 15) is 4.79 Å². The zero-order chi connectivity index (χ0) is 16.4. The fourth-order valence-corrected chi connectivity index (χ4v) is 2.74. The lowest BCUT2D eigenvalue weighted by molar-refractivity contribution is 0.0293. The first-order valence-corrected chi connectivity index (χ1v) is 8.00. The highest BCUT2D eigenvalue weighted by molar-refractivity contribution is 5.83. The first-order chi connectivity index (χ1) is 10.9. The summed E-state index contributed by atoms with van der Waals surface area (Å²) in [7, 11) is 0. The van der Waals surface area contributed by atoms with Gasteiger partial charge in [0.2, 0.25) is 0 Å². The van der Waals surface area contributed by atoms with Crippen molar-refractivity contribution in [2.75, 3.05) is 18.4 Å². The van der Waals surface area contributed by atoms with Crippen LogP contribution in [0.3, 0.4) is 0 Å². The van der Waals surface area contributed by atoms with Crippen LogP contribution in [0.15, 0.2) is 36.5 Å². The number of nitrogens with one attached hydrogen (secondary N) is 1. The van der Waals surface area contributed by atoms with Crippen LogP contribution in [0.4, 0.5) is 10.6 Å². The molecule has 3 rings (SSSR count). The number of likely N-dealkylation sites (tertiary alicyclic amines) is 1. The minimum absolute atomic E-state index is 0.205. The van der Waals surface area contributed by atoms with Crippen LogP contribution in [0.2, 0.25) is 0 Å². The van der Waals surface area contributed by atoms with Crippen LogP contribution in [-0.2, 0) is 4.74 Å². The zero-order valence-electron chi connectivity index (χ0n) is 13.9. The van der Waals surface area contributed by atoms with Gasteiger partial charge in [-0.25, -0.2) is 9.78 Å². The lowest BCUT2D eigenvalue weighted by atomic mass is 10.2. The summed E-state index contributed by atoms with van der Waals surface area (Å²) in [4.78, 5) is 18.3. The molecule has 5 heteroatoms. The smallest absolute Gasteiger partial charge is 0.410 e. The molecular formula is C18H23N3O2. The van der Waals surface area contributed by atoms with Gasteiger partial charge in [0.15, 0.2) is 0 Å². The van der Waals surface area contributed by atoms with Crippen molar-refractivity contribution in [1.29, 1.82) is 0 Å². The predicted molar refractivity (Wildman–Crippen MR) is 91.6 cm³/mol. The number of benzene rings is 1. The van der Waals surface area contributed by atoms with Crippen molar-refractivity contribution < 1.29 is 9.53 Å². The second-order valence-electron chi connectivity index (χ2n) is 6.97. The van der Waals surface area contributed by atoms with E-state index >= 15 is 0 Å². The Morgan fingerprint density at radius 3 is 2.78 bits per heavy atom. The lowest BCUT2D eigenvalue weighted by Gasteiger charge is -2.24. The Hall–Kier alpha value is -2.30. The third kappa shape index (κ3) is 3.92. The van der Waals surface area contributed by atoms with E-state index in [1.807, 2.05) is 51.2 Å². The monoisotopic (exact) mass is 313 g/mol. The molecule has 1 N–H and O–H groups in total. The summed E-state index contributed by atoms with van der Waals surface area (Å²) in [5.41, 5.74) is -0.456. The summed E-state index contributed by atoms with van der Waals surface area (Å²) >= 11 is 0. The summed E-state index contributed by atoms with van der Waals surface area (Å²) in [6.07, 6.45) is 2.53. The largest absolute Gasteiger partial charge is 0.444 e. The average Bonchev–Trinajstić information content (AvgIpc) is 2.94. The highest BCUT2D eigenvalue weighted by atomic mass is 16.6. The van der Waals surface area contributed by atoms with Crippen molar-refractivity contribution in [2.24, 2.45) is 0 Å². The molecule has 1 aliphatic heterocycles. The summed E-state index contributed by atoms with van der Waals surface area (Å²) in [5.74, 6) is 0.847. The second-order valence-corrected chi connectivity index (χ2v) is 6.97. The maximum atomic E-state index is 12.1. The van der Waals surface area contributed by atoms with Crippen LogP contribution in [0.25, 0.3) is 10.8 Å².